The highest BCUT2D eigenvalue weighted by molar-refractivity contribution is 6.11. The van der Waals surface area contributed by atoms with Crippen LogP contribution in [0.1, 0.15) is 28.5 Å². The van der Waals surface area contributed by atoms with Crippen molar-refractivity contribution in [2.75, 3.05) is 0 Å². The van der Waals surface area contributed by atoms with E-state index in [1.165, 1.54) is 27.5 Å². The van der Waals surface area contributed by atoms with Gasteiger partial charge in [0, 0.05) is 44.6 Å². The van der Waals surface area contributed by atoms with E-state index >= 15 is 0 Å². The van der Waals surface area contributed by atoms with E-state index in [-0.39, 0.29) is 23.9 Å². The van der Waals surface area contributed by atoms with Gasteiger partial charge in [-0.1, -0.05) is 97.1 Å². The smallest absolute Gasteiger partial charge is 0.135 e. The Morgan fingerprint density at radius 3 is 2.26 bits per heavy atom. The van der Waals surface area contributed by atoms with Crippen molar-refractivity contribution < 1.29 is 9.15 Å². The fourth-order valence-electron chi connectivity index (χ4n) is 8.10. The number of benzene rings is 5. The van der Waals surface area contributed by atoms with Gasteiger partial charge in [0.05, 0.1) is 23.0 Å². The van der Waals surface area contributed by atoms with Crippen LogP contribution in [0.15, 0.2) is 150 Å². The lowest BCUT2D eigenvalue weighted by Crippen LogP contribution is -2.18. The molecule has 4 unspecified atom stereocenters. The highest BCUT2D eigenvalue weighted by Crippen LogP contribution is 2.50. The summed E-state index contributed by atoms with van der Waals surface area (Å²) in [6.45, 7) is 0. The highest BCUT2D eigenvalue weighted by Gasteiger charge is 2.37. The Hall–Kier alpha value is -6.05. The second-order valence-electron chi connectivity index (χ2n) is 12.6. The molecule has 0 spiro atoms. The molecule has 0 saturated carbocycles. The maximum atomic E-state index is 10.5. The molecule has 2 aliphatic carbocycles. The minimum absolute atomic E-state index is 0.0625. The topological polar surface area (TPSA) is 51.1 Å². The molecule has 2 aromatic heterocycles. The molecule has 0 amide bonds. The molecule has 1 aliphatic heterocycles. The molecule has 0 N–H and O–H groups in total. The van der Waals surface area contributed by atoms with Gasteiger partial charge in [0.15, 0.2) is 0 Å². The van der Waals surface area contributed by atoms with Gasteiger partial charge in [0.25, 0.3) is 0 Å². The third kappa shape index (κ3) is 3.81. The van der Waals surface area contributed by atoms with Crippen molar-refractivity contribution in [1.82, 2.24) is 4.57 Å². The molecule has 0 saturated heterocycles. The normalized spacial score (nSPS) is 21.4. The highest BCUT2D eigenvalue weighted by atomic mass is 16.5. The molecule has 222 valence electrons. The second-order valence-corrected chi connectivity index (χ2v) is 12.6. The zero-order valence-electron chi connectivity index (χ0n) is 25.4. The Labute approximate surface area is 271 Å². The van der Waals surface area contributed by atoms with Crippen molar-refractivity contribution in [3.8, 4) is 11.8 Å². The molecule has 0 bridgehead atoms. The van der Waals surface area contributed by atoms with Gasteiger partial charge in [-0.15, -0.1) is 0 Å². The van der Waals surface area contributed by atoms with E-state index in [1.54, 1.807) is 0 Å². The third-order valence-corrected chi connectivity index (χ3v) is 10.2. The minimum atomic E-state index is -0.330. The SMILES string of the molecule is N#CC1C=CC=C(n2c3ccccc3c3ccccc32)C1c1ccc2oc3ccc4c(c3c2c1)C1C=C(c2ccccc2)C=CC1O4. The summed E-state index contributed by atoms with van der Waals surface area (Å²) in [6, 6.07) is 40.8. The van der Waals surface area contributed by atoms with Crippen LogP contribution in [0.4, 0.5) is 0 Å². The first-order valence-electron chi connectivity index (χ1n) is 16.1. The van der Waals surface area contributed by atoms with Crippen LogP contribution in [-0.2, 0) is 0 Å². The van der Waals surface area contributed by atoms with Gasteiger partial charge in [-0.05, 0) is 65.3 Å². The summed E-state index contributed by atoms with van der Waals surface area (Å²) >= 11 is 0. The zero-order valence-corrected chi connectivity index (χ0v) is 25.4. The number of ether oxygens (including phenoxy) is 1. The second kappa shape index (κ2) is 9.97. The number of furan rings is 1. The van der Waals surface area contributed by atoms with Gasteiger partial charge in [-0.3, -0.25) is 0 Å². The van der Waals surface area contributed by atoms with Gasteiger partial charge in [-0.2, -0.15) is 5.26 Å². The molecule has 47 heavy (non-hydrogen) atoms. The predicted octanol–water partition coefficient (Wildman–Crippen LogP) is 10.5. The average Bonchev–Trinajstić information content (AvgIpc) is 3.80. The Kier molecular flexibility index (Phi) is 5.56. The number of fused-ring (bicyclic) bond motifs is 10. The molecule has 7 aromatic rings. The largest absolute Gasteiger partial charge is 0.485 e. The van der Waals surface area contributed by atoms with Gasteiger partial charge in [-0.25, -0.2) is 0 Å². The number of hydrogen-bond donors (Lipinski definition) is 0. The zero-order chi connectivity index (χ0) is 31.1. The monoisotopic (exact) mass is 604 g/mol. The number of nitrogens with zero attached hydrogens (tertiary/aromatic N) is 2. The third-order valence-electron chi connectivity index (χ3n) is 10.2. The Bertz CT molecular complexity index is 2530. The molecular formula is C43H28N2O2. The molecule has 10 rings (SSSR count). The molecule has 0 radical (unpaired) electrons. The number of nitriles is 1. The number of para-hydroxylation sites is 2. The Balaban J connectivity index is 1.17. The van der Waals surface area contributed by atoms with E-state index in [0.29, 0.717) is 0 Å². The van der Waals surface area contributed by atoms with E-state index in [2.05, 4.69) is 126 Å². The van der Waals surface area contributed by atoms with Crippen LogP contribution in [-0.4, -0.2) is 10.7 Å². The first-order chi connectivity index (χ1) is 23.3. The number of aromatic nitrogens is 1. The predicted molar refractivity (Wildman–Crippen MR) is 189 cm³/mol. The summed E-state index contributed by atoms with van der Waals surface area (Å²) in [5.41, 5.74) is 9.69. The fraction of sp³-hybridized carbons (Fsp3) is 0.0930. The lowest BCUT2D eigenvalue weighted by molar-refractivity contribution is 0.269. The summed E-state index contributed by atoms with van der Waals surface area (Å²) in [7, 11) is 0. The molecule has 5 aromatic carbocycles. The van der Waals surface area contributed by atoms with Gasteiger partial charge < -0.3 is 13.7 Å². The number of hydrogen-bond acceptors (Lipinski definition) is 3. The molecule has 0 fully saturated rings. The van der Waals surface area contributed by atoms with Gasteiger partial charge >= 0.3 is 0 Å². The van der Waals surface area contributed by atoms with Crippen molar-refractivity contribution >= 4 is 55.0 Å². The van der Waals surface area contributed by atoms with Crippen molar-refractivity contribution in [2.45, 2.75) is 17.9 Å². The van der Waals surface area contributed by atoms with E-state index < -0.39 is 0 Å². The van der Waals surface area contributed by atoms with E-state index in [0.717, 1.165) is 50.0 Å². The fourth-order valence-corrected chi connectivity index (χ4v) is 8.10. The number of rotatable bonds is 3. The lowest BCUT2D eigenvalue weighted by atomic mass is 9.80. The standard InChI is InChI=1S/C43H28N2O2/c44-25-29-11-8-16-36(45-34-14-6-4-12-30(34)31-13-5-7-15-35(31)45)41(29)28-18-20-38-33(24-28)43-40(47-38)22-21-39-42(43)32-23-27(17-19-37(32)46-39)26-9-2-1-3-10-26/h1-24,29,32,37,41H. The number of allylic oxidation sites excluding steroid dienone is 6. The van der Waals surface area contributed by atoms with Crippen molar-refractivity contribution in [3.63, 3.8) is 0 Å². The maximum absolute atomic E-state index is 10.5. The maximum Gasteiger partial charge on any atom is 0.135 e. The van der Waals surface area contributed by atoms with Crippen molar-refractivity contribution in [2.24, 2.45) is 5.92 Å². The van der Waals surface area contributed by atoms with Gasteiger partial charge in [0.1, 0.15) is 23.0 Å². The van der Waals surface area contributed by atoms with Crippen LogP contribution in [0.5, 0.6) is 5.75 Å². The first kappa shape index (κ1) is 26.2. The van der Waals surface area contributed by atoms with Crippen LogP contribution in [0.2, 0.25) is 0 Å². The molecule has 4 nitrogen and oxygen atoms in total. The molecule has 4 atom stereocenters. The van der Waals surface area contributed by atoms with Crippen LogP contribution >= 0.6 is 0 Å². The molecule has 3 aliphatic rings. The summed E-state index contributed by atoms with van der Waals surface area (Å²) in [6.07, 6.45) is 12.9. The minimum Gasteiger partial charge on any atom is -0.485 e. The summed E-state index contributed by atoms with van der Waals surface area (Å²) < 4.78 is 15.3. The summed E-state index contributed by atoms with van der Waals surface area (Å²) in [5, 5.41) is 15.1. The van der Waals surface area contributed by atoms with Crippen LogP contribution in [0, 0.1) is 17.2 Å². The van der Waals surface area contributed by atoms with E-state index in [9.17, 15) is 5.26 Å². The van der Waals surface area contributed by atoms with E-state index in [1.807, 2.05) is 30.4 Å². The van der Waals surface area contributed by atoms with Crippen LogP contribution < -0.4 is 4.74 Å². The van der Waals surface area contributed by atoms with Crippen molar-refractivity contribution in [1.29, 1.82) is 5.26 Å². The Morgan fingerprint density at radius 1 is 0.723 bits per heavy atom. The quantitative estimate of drug-likeness (QED) is 0.202. The first-order valence-corrected chi connectivity index (χ1v) is 16.1. The molecule has 4 heteroatoms. The average molecular weight is 605 g/mol. The Morgan fingerprint density at radius 2 is 1.47 bits per heavy atom. The van der Waals surface area contributed by atoms with Crippen molar-refractivity contribution in [3.05, 3.63) is 162 Å². The molecule has 3 heterocycles. The summed E-state index contributed by atoms with van der Waals surface area (Å²) in [5.74, 6) is 0.457. The van der Waals surface area contributed by atoms with Crippen LogP contribution in [0.25, 0.3) is 55.0 Å². The molecular weight excluding hydrogens is 576 g/mol. The van der Waals surface area contributed by atoms with Gasteiger partial charge in [0.2, 0.25) is 0 Å². The summed E-state index contributed by atoms with van der Waals surface area (Å²) in [4.78, 5) is 0. The van der Waals surface area contributed by atoms with Crippen LogP contribution in [0.3, 0.4) is 0 Å². The lowest BCUT2D eigenvalue weighted by Gasteiger charge is -2.28. The van der Waals surface area contributed by atoms with E-state index in [4.69, 9.17) is 9.15 Å².